The fourth-order valence-corrected chi connectivity index (χ4v) is 5.46. The van der Waals surface area contributed by atoms with Crippen molar-refractivity contribution >= 4 is 18.0 Å². The van der Waals surface area contributed by atoms with Gasteiger partial charge in [-0.1, -0.05) is 54.6 Å². The van der Waals surface area contributed by atoms with E-state index in [9.17, 15) is 19.5 Å². The third-order valence-electron chi connectivity index (χ3n) is 7.13. The summed E-state index contributed by atoms with van der Waals surface area (Å²) in [6.07, 6.45) is 1.21. The van der Waals surface area contributed by atoms with Gasteiger partial charge in [0.25, 0.3) is 0 Å². The van der Waals surface area contributed by atoms with Gasteiger partial charge in [-0.25, -0.2) is 4.79 Å². The number of benzene rings is 2. The Hall–Kier alpha value is -3.61. The summed E-state index contributed by atoms with van der Waals surface area (Å²) in [5.41, 5.74) is 4.53. The lowest BCUT2D eigenvalue weighted by molar-refractivity contribution is -0.141. The summed E-state index contributed by atoms with van der Waals surface area (Å²) < 4.78 is 5.57. The SMILES string of the molecule is C=CCC(NC(=O)OCC1c2ccccc2-c2ccccc21)C(=O)N1C[C@@H]2C(C(=O)O)[C@@H]2C1. The zero-order chi connectivity index (χ0) is 23.1. The van der Waals surface area contributed by atoms with Gasteiger partial charge in [0.05, 0.1) is 5.92 Å². The molecule has 3 aliphatic rings. The molecule has 2 fully saturated rings. The van der Waals surface area contributed by atoms with Crippen LogP contribution in [0, 0.1) is 17.8 Å². The molecule has 2 aliphatic carbocycles. The van der Waals surface area contributed by atoms with Crippen LogP contribution in [-0.2, 0) is 14.3 Å². The van der Waals surface area contributed by atoms with E-state index in [1.807, 2.05) is 36.4 Å². The van der Waals surface area contributed by atoms with Crippen LogP contribution in [0.1, 0.15) is 23.5 Å². The Kier molecular flexibility index (Phi) is 5.40. The number of amides is 2. The molecular weight excluding hydrogens is 420 g/mol. The molecule has 1 heterocycles. The van der Waals surface area contributed by atoms with Gasteiger partial charge in [0.1, 0.15) is 12.6 Å². The molecule has 1 saturated carbocycles. The number of nitrogens with one attached hydrogen (secondary N) is 1. The maximum atomic E-state index is 13.0. The van der Waals surface area contributed by atoms with Crippen LogP contribution < -0.4 is 5.32 Å². The van der Waals surface area contributed by atoms with Crippen molar-refractivity contribution in [1.29, 1.82) is 0 Å². The Labute approximate surface area is 192 Å². The van der Waals surface area contributed by atoms with Gasteiger partial charge in [0.15, 0.2) is 0 Å². The summed E-state index contributed by atoms with van der Waals surface area (Å²) >= 11 is 0. The minimum atomic E-state index is -0.795. The first kappa shape index (κ1) is 21.2. The number of carboxylic acids is 1. The molecule has 2 N–H and O–H groups in total. The van der Waals surface area contributed by atoms with Crippen LogP contribution >= 0.6 is 0 Å². The smallest absolute Gasteiger partial charge is 0.407 e. The normalized spacial score (nSPS) is 23.2. The maximum Gasteiger partial charge on any atom is 0.407 e. The van der Waals surface area contributed by atoms with E-state index >= 15 is 0 Å². The number of carbonyl (C=O) groups is 3. The number of ether oxygens (including phenoxy) is 1. The zero-order valence-corrected chi connectivity index (χ0v) is 18.1. The van der Waals surface area contributed by atoms with Crippen molar-refractivity contribution in [1.82, 2.24) is 10.2 Å². The molecule has 2 aromatic rings. The van der Waals surface area contributed by atoms with Crippen molar-refractivity contribution in [2.24, 2.45) is 17.8 Å². The van der Waals surface area contributed by atoms with E-state index in [0.29, 0.717) is 13.1 Å². The Bertz CT molecular complexity index is 1070. The van der Waals surface area contributed by atoms with Crippen LogP contribution in [0.3, 0.4) is 0 Å². The monoisotopic (exact) mass is 446 g/mol. The second kappa shape index (κ2) is 8.39. The maximum absolute atomic E-state index is 13.0. The minimum Gasteiger partial charge on any atom is -0.481 e. The molecule has 7 nitrogen and oxygen atoms in total. The average molecular weight is 447 g/mol. The number of piperidine rings is 1. The van der Waals surface area contributed by atoms with Crippen molar-refractivity contribution in [3.8, 4) is 11.1 Å². The number of carboxylic acid groups (broad SMARTS) is 1. The molecule has 5 rings (SSSR count). The van der Waals surface area contributed by atoms with Gasteiger partial charge >= 0.3 is 12.1 Å². The number of hydrogen-bond acceptors (Lipinski definition) is 4. The largest absolute Gasteiger partial charge is 0.481 e. The highest BCUT2D eigenvalue weighted by molar-refractivity contribution is 5.87. The number of fused-ring (bicyclic) bond motifs is 4. The number of aliphatic carboxylic acids is 1. The lowest BCUT2D eigenvalue weighted by Gasteiger charge is -2.25. The molecule has 0 bridgehead atoms. The van der Waals surface area contributed by atoms with Crippen molar-refractivity contribution in [3.63, 3.8) is 0 Å². The summed E-state index contributed by atoms with van der Waals surface area (Å²) in [7, 11) is 0. The van der Waals surface area contributed by atoms with Crippen LogP contribution in [0.4, 0.5) is 4.79 Å². The highest BCUT2D eigenvalue weighted by Crippen LogP contribution is 2.51. The second-order valence-corrected chi connectivity index (χ2v) is 8.98. The van der Waals surface area contributed by atoms with Gasteiger partial charge in [0.2, 0.25) is 5.91 Å². The average Bonchev–Trinajstić information content (AvgIpc) is 3.17. The fourth-order valence-electron chi connectivity index (χ4n) is 5.46. The molecule has 4 atom stereocenters. The molecule has 33 heavy (non-hydrogen) atoms. The van der Waals surface area contributed by atoms with E-state index in [0.717, 1.165) is 22.3 Å². The molecule has 0 radical (unpaired) electrons. The molecule has 1 aliphatic heterocycles. The second-order valence-electron chi connectivity index (χ2n) is 8.98. The third kappa shape index (κ3) is 3.77. The number of alkyl carbamates (subject to hydrolysis) is 1. The van der Waals surface area contributed by atoms with E-state index in [1.54, 1.807) is 11.0 Å². The molecule has 2 amide bonds. The molecule has 2 aromatic carbocycles. The topological polar surface area (TPSA) is 95.9 Å². The van der Waals surface area contributed by atoms with Gasteiger partial charge in [-0.3, -0.25) is 9.59 Å². The van der Waals surface area contributed by atoms with Gasteiger partial charge in [-0.2, -0.15) is 0 Å². The zero-order valence-electron chi connectivity index (χ0n) is 18.1. The van der Waals surface area contributed by atoms with Crippen LogP contribution in [0.25, 0.3) is 11.1 Å². The van der Waals surface area contributed by atoms with Crippen molar-refractivity contribution < 1.29 is 24.2 Å². The van der Waals surface area contributed by atoms with Gasteiger partial charge in [-0.15, -0.1) is 6.58 Å². The first-order chi connectivity index (χ1) is 16.0. The molecule has 0 aromatic heterocycles. The number of rotatable bonds is 7. The molecule has 1 saturated heterocycles. The van der Waals surface area contributed by atoms with E-state index < -0.39 is 18.1 Å². The lowest BCUT2D eigenvalue weighted by Crippen LogP contribution is -2.48. The van der Waals surface area contributed by atoms with Crippen molar-refractivity contribution in [3.05, 3.63) is 72.3 Å². The standard InChI is InChI=1S/C26H26N2O5/c1-2-7-22(24(29)28-12-19-20(13-28)23(19)25(30)31)27-26(32)33-14-21-17-10-5-3-8-15(17)16-9-4-6-11-18(16)21/h2-6,8-11,19-23H,1,7,12-14H2,(H,27,32)(H,30,31)/t19-,20+,22?,23?. The van der Waals surface area contributed by atoms with Crippen LogP contribution in [0.15, 0.2) is 61.2 Å². The van der Waals surface area contributed by atoms with Crippen LogP contribution in [0.2, 0.25) is 0 Å². The van der Waals surface area contributed by atoms with Crippen molar-refractivity contribution in [2.75, 3.05) is 19.7 Å². The third-order valence-corrected chi connectivity index (χ3v) is 7.13. The molecular formula is C26H26N2O5. The Morgan fingerprint density at radius 2 is 1.64 bits per heavy atom. The summed E-state index contributed by atoms with van der Waals surface area (Å²) in [5.74, 6) is -1.39. The fraction of sp³-hybridized carbons (Fsp3) is 0.346. The Balaban J connectivity index is 1.21. The minimum absolute atomic E-state index is 0.0188. The first-order valence-corrected chi connectivity index (χ1v) is 11.2. The van der Waals surface area contributed by atoms with E-state index in [1.165, 1.54) is 0 Å². The summed E-state index contributed by atoms with van der Waals surface area (Å²) in [6, 6.07) is 15.4. The van der Waals surface area contributed by atoms with Gasteiger partial charge in [0, 0.05) is 19.0 Å². The number of likely N-dealkylation sites (tertiary alicyclic amines) is 1. The van der Waals surface area contributed by atoms with Gasteiger partial charge < -0.3 is 20.1 Å². The number of nitrogens with zero attached hydrogens (tertiary/aromatic N) is 1. The highest BCUT2D eigenvalue weighted by Gasteiger charge is 2.60. The highest BCUT2D eigenvalue weighted by atomic mass is 16.5. The van der Waals surface area contributed by atoms with E-state index in [-0.39, 0.29) is 42.6 Å². The summed E-state index contributed by atoms with van der Waals surface area (Å²) in [5, 5.41) is 11.9. The summed E-state index contributed by atoms with van der Waals surface area (Å²) in [6.45, 7) is 4.70. The van der Waals surface area contributed by atoms with Crippen LogP contribution in [0.5, 0.6) is 0 Å². The first-order valence-electron chi connectivity index (χ1n) is 11.2. The van der Waals surface area contributed by atoms with Gasteiger partial charge in [-0.05, 0) is 40.5 Å². The quantitative estimate of drug-likeness (QED) is 0.637. The number of hydrogen-bond donors (Lipinski definition) is 2. The molecule has 170 valence electrons. The lowest BCUT2D eigenvalue weighted by atomic mass is 9.98. The molecule has 2 unspecified atom stereocenters. The Morgan fingerprint density at radius 1 is 1.06 bits per heavy atom. The van der Waals surface area contributed by atoms with E-state index in [2.05, 4.69) is 24.0 Å². The van der Waals surface area contributed by atoms with Crippen LogP contribution in [-0.4, -0.2) is 53.7 Å². The Morgan fingerprint density at radius 3 is 2.18 bits per heavy atom. The molecule has 0 spiro atoms. The van der Waals surface area contributed by atoms with Crippen molar-refractivity contribution in [2.45, 2.75) is 18.4 Å². The summed E-state index contributed by atoms with van der Waals surface area (Å²) in [4.78, 5) is 38.4. The van der Waals surface area contributed by atoms with E-state index in [4.69, 9.17) is 4.74 Å². The number of carbonyl (C=O) groups excluding carboxylic acids is 2. The predicted molar refractivity (Wildman–Crippen MR) is 121 cm³/mol. The molecule has 7 heteroatoms. The predicted octanol–water partition coefficient (Wildman–Crippen LogP) is 3.26.